The summed E-state index contributed by atoms with van der Waals surface area (Å²) >= 11 is 0. The van der Waals surface area contributed by atoms with E-state index in [1.807, 2.05) is 6.08 Å². The predicted octanol–water partition coefficient (Wildman–Crippen LogP) is 21.5. The van der Waals surface area contributed by atoms with Crippen molar-refractivity contribution in [2.24, 2.45) is 0 Å². The van der Waals surface area contributed by atoms with Gasteiger partial charge < -0.3 is 14.2 Å². The summed E-state index contributed by atoms with van der Waals surface area (Å²) in [5.41, 5.74) is 0. The van der Waals surface area contributed by atoms with Crippen LogP contribution in [-0.4, -0.2) is 37.2 Å². The second kappa shape index (κ2) is 62.1. The van der Waals surface area contributed by atoms with Crippen LogP contribution < -0.4 is 0 Å². The van der Waals surface area contributed by atoms with Gasteiger partial charge in [0.15, 0.2) is 6.10 Å². The molecular weight excluding hydrogens is 913 g/mol. The van der Waals surface area contributed by atoms with Gasteiger partial charge in [-0.1, -0.05) is 292 Å². The molecule has 0 N–H and O–H groups in total. The third-order valence-electron chi connectivity index (χ3n) is 13.6. The van der Waals surface area contributed by atoms with Crippen LogP contribution in [0.1, 0.15) is 310 Å². The summed E-state index contributed by atoms with van der Waals surface area (Å²) in [7, 11) is 0. The van der Waals surface area contributed by atoms with Crippen molar-refractivity contribution in [1.82, 2.24) is 0 Å². The maximum atomic E-state index is 12.9. The molecule has 0 aliphatic heterocycles. The first-order chi connectivity index (χ1) is 36.5. The van der Waals surface area contributed by atoms with Crippen molar-refractivity contribution >= 4 is 17.9 Å². The zero-order valence-corrected chi connectivity index (χ0v) is 48.8. The first-order valence-electron chi connectivity index (χ1n) is 31.6. The lowest BCUT2D eigenvalue weighted by Gasteiger charge is -2.18. The highest BCUT2D eigenvalue weighted by Gasteiger charge is 2.19. The zero-order valence-electron chi connectivity index (χ0n) is 48.8. The van der Waals surface area contributed by atoms with Crippen molar-refractivity contribution < 1.29 is 28.6 Å². The quantitative estimate of drug-likeness (QED) is 0.0261. The van der Waals surface area contributed by atoms with Gasteiger partial charge in [-0.05, 0) is 83.5 Å². The van der Waals surface area contributed by atoms with Crippen LogP contribution in [0.5, 0.6) is 0 Å². The molecule has 0 aliphatic rings. The second-order valence-corrected chi connectivity index (χ2v) is 20.9. The molecule has 0 heterocycles. The van der Waals surface area contributed by atoms with Crippen molar-refractivity contribution in [3.05, 3.63) is 85.1 Å². The van der Waals surface area contributed by atoms with E-state index in [-0.39, 0.29) is 37.5 Å². The van der Waals surface area contributed by atoms with Crippen LogP contribution in [0.3, 0.4) is 0 Å². The van der Waals surface area contributed by atoms with Gasteiger partial charge in [0.05, 0.1) is 0 Å². The van der Waals surface area contributed by atoms with Gasteiger partial charge in [0, 0.05) is 19.3 Å². The number of esters is 3. The Balaban J connectivity index is 4.35. The maximum absolute atomic E-state index is 12.9. The number of allylic oxidation sites excluding steroid dienone is 14. The number of unbranched alkanes of at least 4 members (excludes halogenated alkanes) is 32. The summed E-state index contributed by atoms with van der Waals surface area (Å²) in [6, 6.07) is 0. The minimum Gasteiger partial charge on any atom is -0.462 e. The number of rotatable bonds is 57. The fourth-order valence-electron chi connectivity index (χ4n) is 8.94. The van der Waals surface area contributed by atoms with Gasteiger partial charge >= 0.3 is 17.9 Å². The summed E-state index contributed by atoms with van der Waals surface area (Å²) in [6.45, 7) is 6.46. The average molecular weight is 1030 g/mol. The Morgan fingerprint density at radius 2 is 0.554 bits per heavy atom. The molecule has 426 valence electrons. The molecule has 74 heavy (non-hydrogen) atoms. The molecule has 0 amide bonds. The highest BCUT2D eigenvalue weighted by Crippen LogP contribution is 2.17. The van der Waals surface area contributed by atoms with E-state index in [1.165, 1.54) is 173 Å². The highest BCUT2D eigenvalue weighted by atomic mass is 16.6. The largest absolute Gasteiger partial charge is 0.462 e. The SMILES string of the molecule is CC/C=C\C/C=C\C/C=C\C/C=C\CCC(=O)OCC(COC(=O)CCCCCCCCCCCCCCCCCCCCCCCCCC)OC(=O)CCCCCCCC/C=C\C/C=C\C/C=C\CCCCC. The molecule has 0 fully saturated rings. The van der Waals surface area contributed by atoms with E-state index in [0.717, 1.165) is 89.9 Å². The highest BCUT2D eigenvalue weighted by molar-refractivity contribution is 5.71. The zero-order chi connectivity index (χ0) is 53.6. The van der Waals surface area contributed by atoms with E-state index >= 15 is 0 Å². The summed E-state index contributed by atoms with van der Waals surface area (Å²) in [4.78, 5) is 38.2. The molecule has 6 heteroatoms. The van der Waals surface area contributed by atoms with Gasteiger partial charge in [-0.15, -0.1) is 0 Å². The molecule has 0 radical (unpaired) electrons. The standard InChI is InChI=1S/C68H118O6/c1-4-7-10-13-16-19-22-25-27-29-31-32-33-34-35-37-38-40-43-46-49-52-55-58-61-67(70)73-64-65(63-72-66(69)60-57-54-51-48-45-42-24-21-18-15-12-9-6-3)74-68(71)62-59-56-53-50-47-44-41-39-36-30-28-26-23-20-17-14-11-8-5-2/h9,12,17-18,20-21,26,28,36,39,42,45,51,54,65H,4-8,10-11,13-16,19,22-25,27,29-35,37-38,40-41,43-44,46-50,52-53,55-64H2,1-3H3/b12-9-,20-17-,21-18-,28-26-,39-36-,45-42-,54-51-. The van der Waals surface area contributed by atoms with Crippen LogP contribution in [0.2, 0.25) is 0 Å². The Kier molecular flexibility index (Phi) is 59.3. The molecule has 1 atom stereocenters. The van der Waals surface area contributed by atoms with Crippen molar-refractivity contribution in [2.75, 3.05) is 13.2 Å². The normalized spacial score (nSPS) is 12.6. The van der Waals surface area contributed by atoms with Crippen LogP contribution in [0.25, 0.3) is 0 Å². The third kappa shape index (κ3) is 59.5. The van der Waals surface area contributed by atoms with E-state index in [1.54, 1.807) is 0 Å². The topological polar surface area (TPSA) is 78.9 Å². The monoisotopic (exact) mass is 1030 g/mol. The fraction of sp³-hybridized carbons (Fsp3) is 0.750. The van der Waals surface area contributed by atoms with Gasteiger partial charge in [-0.3, -0.25) is 14.4 Å². The minimum atomic E-state index is -0.812. The Morgan fingerprint density at radius 3 is 0.932 bits per heavy atom. The maximum Gasteiger partial charge on any atom is 0.306 e. The molecule has 0 aromatic rings. The van der Waals surface area contributed by atoms with Gasteiger partial charge in [-0.2, -0.15) is 0 Å². The lowest BCUT2D eigenvalue weighted by molar-refractivity contribution is -0.166. The fourth-order valence-corrected chi connectivity index (χ4v) is 8.94. The van der Waals surface area contributed by atoms with Crippen LogP contribution in [0.4, 0.5) is 0 Å². The van der Waals surface area contributed by atoms with Crippen molar-refractivity contribution in [1.29, 1.82) is 0 Å². The Bertz CT molecular complexity index is 1420. The average Bonchev–Trinajstić information content (AvgIpc) is 3.40. The van der Waals surface area contributed by atoms with E-state index in [2.05, 4.69) is 99.8 Å². The summed E-state index contributed by atoms with van der Waals surface area (Å²) in [6.07, 6.45) is 81.8. The van der Waals surface area contributed by atoms with Crippen LogP contribution in [-0.2, 0) is 28.6 Å². The summed E-state index contributed by atoms with van der Waals surface area (Å²) in [5.74, 6) is -0.989. The van der Waals surface area contributed by atoms with Gasteiger partial charge in [0.25, 0.3) is 0 Å². The molecule has 0 bridgehead atoms. The van der Waals surface area contributed by atoms with Crippen LogP contribution >= 0.6 is 0 Å². The summed E-state index contributed by atoms with van der Waals surface area (Å²) in [5, 5.41) is 0. The van der Waals surface area contributed by atoms with Crippen molar-refractivity contribution in [2.45, 2.75) is 316 Å². The lowest BCUT2D eigenvalue weighted by atomic mass is 10.0. The van der Waals surface area contributed by atoms with Crippen molar-refractivity contribution in [3.8, 4) is 0 Å². The minimum absolute atomic E-state index is 0.102. The number of carbonyl (C=O) groups is 3. The lowest BCUT2D eigenvalue weighted by Crippen LogP contribution is -2.30. The van der Waals surface area contributed by atoms with Gasteiger partial charge in [-0.25, -0.2) is 0 Å². The van der Waals surface area contributed by atoms with Crippen LogP contribution in [0, 0.1) is 0 Å². The van der Waals surface area contributed by atoms with Crippen molar-refractivity contribution in [3.63, 3.8) is 0 Å². The molecule has 0 aliphatic carbocycles. The molecule has 1 unspecified atom stereocenters. The Labute approximate surface area is 458 Å². The molecular formula is C68H118O6. The summed E-state index contributed by atoms with van der Waals surface area (Å²) < 4.78 is 16.8. The Morgan fingerprint density at radius 1 is 0.284 bits per heavy atom. The molecule has 0 aromatic heterocycles. The van der Waals surface area contributed by atoms with E-state index in [0.29, 0.717) is 19.3 Å². The first kappa shape index (κ1) is 70.6. The smallest absolute Gasteiger partial charge is 0.306 e. The first-order valence-corrected chi connectivity index (χ1v) is 31.6. The number of hydrogen-bond donors (Lipinski definition) is 0. The molecule has 0 spiro atoms. The van der Waals surface area contributed by atoms with Gasteiger partial charge in [0.2, 0.25) is 0 Å². The van der Waals surface area contributed by atoms with E-state index < -0.39 is 6.10 Å². The second-order valence-electron chi connectivity index (χ2n) is 20.9. The van der Waals surface area contributed by atoms with Crippen LogP contribution in [0.15, 0.2) is 85.1 Å². The van der Waals surface area contributed by atoms with Gasteiger partial charge in [0.1, 0.15) is 13.2 Å². The molecule has 0 saturated carbocycles. The Hall–Kier alpha value is -3.41. The molecule has 0 rings (SSSR count). The van der Waals surface area contributed by atoms with E-state index in [4.69, 9.17) is 14.2 Å². The molecule has 0 saturated heterocycles. The predicted molar refractivity (Wildman–Crippen MR) is 321 cm³/mol. The molecule has 0 aromatic carbocycles. The number of ether oxygens (including phenoxy) is 3. The third-order valence-corrected chi connectivity index (χ3v) is 13.6. The number of hydrogen-bond acceptors (Lipinski definition) is 6. The number of carbonyl (C=O) groups excluding carboxylic acids is 3. The molecule has 6 nitrogen and oxygen atoms in total. The van der Waals surface area contributed by atoms with E-state index in [9.17, 15) is 14.4 Å².